The van der Waals surface area contributed by atoms with Crippen LogP contribution in [0.2, 0.25) is 0 Å². The zero-order valence-electron chi connectivity index (χ0n) is 23.0. The van der Waals surface area contributed by atoms with Crippen LogP contribution in [0.3, 0.4) is 0 Å². The molecular formula is C29H49NO6S2. The number of hydrogen-bond acceptors (Lipinski definition) is 5. The van der Waals surface area contributed by atoms with Crippen molar-refractivity contribution in [2.75, 3.05) is 16.8 Å². The van der Waals surface area contributed by atoms with E-state index in [0.717, 1.165) is 48.4 Å². The summed E-state index contributed by atoms with van der Waals surface area (Å²) in [6.45, 7) is 0. The number of anilines is 1. The summed E-state index contributed by atoms with van der Waals surface area (Å²) in [6, 6.07) is 7.66. The van der Waals surface area contributed by atoms with Gasteiger partial charge >= 0.3 is 5.97 Å². The van der Waals surface area contributed by atoms with E-state index in [1.807, 2.05) is 24.3 Å². The first-order valence-electron chi connectivity index (χ1n) is 14.5. The maximum absolute atomic E-state index is 12.4. The number of thioether (sulfide) groups is 1. The largest absolute Gasteiger partial charge is 0.481 e. The zero-order valence-corrected chi connectivity index (χ0v) is 24.6. The molecule has 0 atom stereocenters. The maximum atomic E-state index is 12.4. The molecule has 0 aromatic heterocycles. The number of para-hydroxylation sites is 1. The second kappa shape index (κ2) is 22.3. The SMILES string of the molecule is O=C(O)CCCCCCCCCCCCCCCCCC(=O)Nc1ccccc1SCCCCS(=O)(=O)O. The molecule has 3 N–H and O–H groups in total. The molecule has 0 aliphatic rings. The molecule has 9 heteroatoms. The van der Waals surface area contributed by atoms with Crippen LogP contribution in [0.5, 0.6) is 0 Å². The van der Waals surface area contributed by atoms with Crippen LogP contribution in [0.25, 0.3) is 0 Å². The molecule has 1 amide bonds. The van der Waals surface area contributed by atoms with Crippen molar-refractivity contribution in [1.29, 1.82) is 0 Å². The number of carboxylic acid groups (broad SMARTS) is 1. The number of amides is 1. The second-order valence-corrected chi connectivity index (χ2v) is 12.8. The summed E-state index contributed by atoms with van der Waals surface area (Å²) in [7, 11) is -3.90. The van der Waals surface area contributed by atoms with Gasteiger partial charge in [-0.05, 0) is 43.6 Å². The van der Waals surface area contributed by atoms with Gasteiger partial charge in [-0.15, -0.1) is 11.8 Å². The molecule has 218 valence electrons. The van der Waals surface area contributed by atoms with E-state index in [4.69, 9.17) is 9.66 Å². The van der Waals surface area contributed by atoms with Gasteiger partial charge in [0, 0.05) is 17.7 Å². The molecular weight excluding hydrogens is 522 g/mol. The van der Waals surface area contributed by atoms with E-state index in [1.54, 1.807) is 11.8 Å². The Morgan fingerprint density at radius 2 is 1.16 bits per heavy atom. The Balaban J connectivity index is 1.97. The molecule has 0 fully saturated rings. The number of carbonyl (C=O) groups excluding carboxylic acids is 1. The van der Waals surface area contributed by atoms with Crippen LogP contribution in [-0.4, -0.2) is 41.5 Å². The standard InChI is InChI=1S/C29H49NO6S2/c31-28(30-26-20-16-17-21-27(26)37-24-18-19-25-38(34,35)36)22-14-12-10-8-6-4-2-1-3-5-7-9-11-13-15-23-29(32)33/h16-17,20-21H,1-15,18-19,22-25H2,(H,30,31)(H,32,33)(H,34,35,36). The maximum Gasteiger partial charge on any atom is 0.303 e. The Kier molecular flexibility index (Phi) is 20.2. The van der Waals surface area contributed by atoms with Crippen molar-refractivity contribution in [3.05, 3.63) is 24.3 Å². The number of unbranched alkanes of at least 4 members (excludes halogenated alkanes) is 15. The van der Waals surface area contributed by atoms with E-state index in [9.17, 15) is 18.0 Å². The third kappa shape index (κ3) is 21.4. The fraction of sp³-hybridized carbons (Fsp3) is 0.724. The van der Waals surface area contributed by atoms with Crippen molar-refractivity contribution in [3.8, 4) is 0 Å². The van der Waals surface area contributed by atoms with E-state index in [0.29, 0.717) is 25.7 Å². The minimum atomic E-state index is -3.90. The predicted molar refractivity (Wildman–Crippen MR) is 158 cm³/mol. The first-order valence-corrected chi connectivity index (χ1v) is 17.1. The van der Waals surface area contributed by atoms with Gasteiger partial charge in [0.25, 0.3) is 10.1 Å². The monoisotopic (exact) mass is 571 g/mol. The molecule has 1 aromatic rings. The minimum Gasteiger partial charge on any atom is -0.481 e. The van der Waals surface area contributed by atoms with E-state index >= 15 is 0 Å². The third-order valence-corrected chi connectivity index (χ3v) is 8.47. The van der Waals surface area contributed by atoms with Gasteiger partial charge in [0.2, 0.25) is 5.91 Å². The van der Waals surface area contributed by atoms with Gasteiger partial charge in [-0.25, -0.2) is 0 Å². The van der Waals surface area contributed by atoms with E-state index in [2.05, 4.69) is 5.32 Å². The molecule has 0 aliphatic carbocycles. The van der Waals surface area contributed by atoms with Crippen molar-refractivity contribution in [2.45, 2.75) is 127 Å². The van der Waals surface area contributed by atoms with Gasteiger partial charge in [-0.2, -0.15) is 8.42 Å². The van der Waals surface area contributed by atoms with Crippen LogP contribution < -0.4 is 5.32 Å². The van der Waals surface area contributed by atoms with Crippen LogP contribution in [0.15, 0.2) is 29.2 Å². The van der Waals surface area contributed by atoms with Crippen LogP contribution in [0, 0.1) is 0 Å². The van der Waals surface area contributed by atoms with Crippen molar-refractivity contribution >= 4 is 39.4 Å². The molecule has 38 heavy (non-hydrogen) atoms. The summed E-state index contributed by atoms with van der Waals surface area (Å²) >= 11 is 1.58. The number of hydrogen-bond donors (Lipinski definition) is 3. The lowest BCUT2D eigenvalue weighted by atomic mass is 10.0. The number of rotatable bonds is 25. The van der Waals surface area contributed by atoms with Gasteiger partial charge in [0.05, 0.1) is 11.4 Å². The van der Waals surface area contributed by atoms with Crippen LogP contribution >= 0.6 is 11.8 Å². The first-order chi connectivity index (χ1) is 18.3. The van der Waals surface area contributed by atoms with Gasteiger partial charge in [-0.1, -0.05) is 95.6 Å². The van der Waals surface area contributed by atoms with E-state index in [-0.39, 0.29) is 11.7 Å². The summed E-state index contributed by atoms with van der Waals surface area (Å²) in [5.41, 5.74) is 0.799. The summed E-state index contributed by atoms with van der Waals surface area (Å²) in [4.78, 5) is 23.8. The molecule has 1 aromatic carbocycles. The Morgan fingerprint density at radius 1 is 0.684 bits per heavy atom. The lowest BCUT2D eigenvalue weighted by Gasteiger charge is -2.11. The molecule has 0 bridgehead atoms. The smallest absolute Gasteiger partial charge is 0.303 e. The van der Waals surface area contributed by atoms with Gasteiger partial charge in [-0.3, -0.25) is 14.1 Å². The normalized spacial score (nSPS) is 11.5. The molecule has 0 saturated heterocycles. The highest BCUT2D eigenvalue weighted by Gasteiger charge is 2.08. The highest BCUT2D eigenvalue weighted by atomic mass is 32.2. The molecule has 0 spiro atoms. The predicted octanol–water partition coefficient (Wildman–Crippen LogP) is 8.10. The summed E-state index contributed by atoms with van der Waals surface area (Å²) in [6.07, 6.45) is 19.6. The van der Waals surface area contributed by atoms with Crippen LogP contribution in [-0.2, 0) is 19.7 Å². The second-order valence-electron chi connectivity index (χ2n) is 10.1. The van der Waals surface area contributed by atoms with E-state index < -0.39 is 16.1 Å². The number of benzene rings is 1. The zero-order chi connectivity index (χ0) is 27.9. The fourth-order valence-corrected chi connectivity index (χ4v) is 5.92. The van der Waals surface area contributed by atoms with Gasteiger partial charge < -0.3 is 10.4 Å². The Morgan fingerprint density at radius 3 is 1.66 bits per heavy atom. The quantitative estimate of drug-likeness (QED) is 0.0616. The number of carbonyl (C=O) groups is 2. The van der Waals surface area contributed by atoms with Gasteiger partial charge in [0.1, 0.15) is 0 Å². The lowest BCUT2D eigenvalue weighted by Crippen LogP contribution is -2.11. The molecule has 7 nitrogen and oxygen atoms in total. The van der Waals surface area contributed by atoms with E-state index in [1.165, 1.54) is 64.2 Å². The average molecular weight is 572 g/mol. The first kappa shape index (κ1) is 34.4. The Labute approximate surface area is 234 Å². The molecule has 0 saturated carbocycles. The van der Waals surface area contributed by atoms with Crippen molar-refractivity contribution < 1.29 is 27.7 Å². The summed E-state index contributed by atoms with van der Waals surface area (Å²) < 4.78 is 30.4. The number of nitrogens with one attached hydrogen (secondary N) is 1. The topological polar surface area (TPSA) is 121 Å². The fourth-order valence-electron chi connectivity index (χ4n) is 4.34. The molecule has 0 aliphatic heterocycles. The summed E-state index contributed by atoms with van der Waals surface area (Å²) in [5, 5.41) is 11.6. The Hall–Kier alpha value is -1.58. The number of aliphatic carboxylic acids is 1. The Bertz CT molecular complexity index is 876. The van der Waals surface area contributed by atoms with Crippen LogP contribution in [0.4, 0.5) is 5.69 Å². The molecule has 0 radical (unpaired) electrons. The highest BCUT2D eigenvalue weighted by Crippen LogP contribution is 2.28. The molecule has 0 unspecified atom stereocenters. The highest BCUT2D eigenvalue weighted by molar-refractivity contribution is 7.99. The van der Waals surface area contributed by atoms with Crippen molar-refractivity contribution in [1.82, 2.24) is 0 Å². The lowest BCUT2D eigenvalue weighted by molar-refractivity contribution is -0.137. The number of carboxylic acids is 1. The summed E-state index contributed by atoms with van der Waals surface area (Å²) in [5.74, 6) is -0.147. The van der Waals surface area contributed by atoms with Gasteiger partial charge in [0.15, 0.2) is 0 Å². The van der Waals surface area contributed by atoms with Crippen LogP contribution in [0.1, 0.15) is 122 Å². The average Bonchev–Trinajstić information content (AvgIpc) is 2.85. The minimum absolute atomic E-state index is 0.0321. The van der Waals surface area contributed by atoms with Crippen molar-refractivity contribution in [3.63, 3.8) is 0 Å². The molecule has 0 heterocycles. The third-order valence-electron chi connectivity index (χ3n) is 6.51. The van der Waals surface area contributed by atoms with Crippen molar-refractivity contribution in [2.24, 2.45) is 0 Å². The molecule has 1 rings (SSSR count).